The zero-order valence-electron chi connectivity index (χ0n) is 14.7. The van der Waals surface area contributed by atoms with E-state index in [-0.39, 0.29) is 11.4 Å². The number of nitro benzene ring substituents is 1. The average Bonchev–Trinajstić information content (AvgIpc) is 2.57. The van der Waals surface area contributed by atoms with Gasteiger partial charge in [0.15, 0.2) is 0 Å². The fourth-order valence-electron chi connectivity index (χ4n) is 2.26. The SMILES string of the molecule is CC(=O)N/C(=C/c1cccc([N+](=O)[O-])c1)C(=O)Nc1ccc(C)c(C)c1. The molecular formula is C19H19N3O4. The van der Waals surface area contributed by atoms with Gasteiger partial charge in [0.05, 0.1) is 4.92 Å². The second-order valence-corrected chi connectivity index (χ2v) is 5.84. The predicted molar refractivity (Wildman–Crippen MR) is 99.4 cm³/mol. The first-order valence-corrected chi connectivity index (χ1v) is 7.88. The van der Waals surface area contributed by atoms with E-state index in [0.717, 1.165) is 11.1 Å². The highest BCUT2D eigenvalue weighted by molar-refractivity contribution is 6.08. The molecular weight excluding hydrogens is 334 g/mol. The number of nitro groups is 1. The third-order valence-electron chi connectivity index (χ3n) is 3.71. The first-order chi connectivity index (χ1) is 12.3. The summed E-state index contributed by atoms with van der Waals surface area (Å²) in [6.45, 7) is 5.18. The van der Waals surface area contributed by atoms with Crippen molar-refractivity contribution in [2.75, 3.05) is 5.32 Å². The van der Waals surface area contributed by atoms with E-state index in [1.54, 1.807) is 12.1 Å². The summed E-state index contributed by atoms with van der Waals surface area (Å²) in [6.07, 6.45) is 1.39. The number of amides is 2. The molecule has 2 rings (SSSR count). The van der Waals surface area contributed by atoms with Gasteiger partial charge in [0.2, 0.25) is 5.91 Å². The van der Waals surface area contributed by atoms with Crippen LogP contribution >= 0.6 is 0 Å². The van der Waals surface area contributed by atoms with Crippen LogP contribution in [-0.2, 0) is 9.59 Å². The number of rotatable bonds is 5. The molecule has 0 fully saturated rings. The summed E-state index contributed by atoms with van der Waals surface area (Å²) in [7, 11) is 0. The Morgan fingerprint density at radius 3 is 2.42 bits per heavy atom. The van der Waals surface area contributed by atoms with E-state index in [2.05, 4.69) is 10.6 Å². The zero-order valence-corrected chi connectivity index (χ0v) is 14.7. The van der Waals surface area contributed by atoms with Crippen LogP contribution in [0.4, 0.5) is 11.4 Å². The monoisotopic (exact) mass is 353 g/mol. The topological polar surface area (TPSA) is 101 Å². The minimum Gasteiger partial charge on any atom is -0.322 e. The molecule has 2 amide bonds. The second-order valence-electron chi connectivity index (χ2n) is 5.84. The summed E-state index contributed by atoms with van der Waals surface area (Å²) < 4.78 is 0. The lowest BCUT2D eigenvalue weighted by atomic mass is 10.1. The number of hydrogen-bond donors (Lipinski definition) is 2. The Kier molecular flexibility index (Phi) is 5.85. The summed E-state index contributed by atoms with van der Waals surface area (Å²) in [6, 6.07) is 11.3. The Morgan fingerprint density at radius 1 is 1.08 bits per heavy atom. The van der Waals surface area contributed by atoms with E-state index in [1.807, 2.05) is 26.0 Å². The van der Waals surface area contributed by atoms with Gasteiger partial charge in [0, 0.05) is 24.7 Å². The lowest BCUT2D eigenvalue weighted by molar-refractivity contribution is -0.384. The molecule has 0 heterocycles. The van der Waals surface area contributed by atoms with Gasteiger partial charge in [0.25, 0.3) is 11.6 Å². The van der Waals surface area contributed by atoms with Crippen molar-refractivity contribution in [3.63, 3.8) is 0 Å². The second kappa shape index (κ2) is 8.06. The average molecular weight is 353 g/mol. The summed E-state index contributed by atoms with van der Waals surface area (Å²) >= 11 is 0. The molecule has 0 bridgehead atoms. The lowest BCUT2D eigenvalue weighted by Crippen LogP contribution is -2.29. The van der Waals surface area contributed by atoms with E-state index in [9.17, 15) is 19.7 Å². The molecule has 0 aliphatic heterocycles. The maximum atomic E-state index is 12.5. The van der Waals surface area contributed by atoms with E-state index in [4.69, 9.17) is 0 Å². The van der Waals surface area contributed by atoms with Gasteiger partial charge < -0.3 is 10.6 Å². The van der Waals surface area contributed by atoms with Crippen molar-refractivity contribution in [3.05, 3.63) is 75.0 Å². The molecule has 2 aromatic rings. The van der Waals surface area contributed by atoms with Crippen molar-refractivity contribution < 1.29 is 14.5 Å². The van der Waals surface area contributed by atoms with Gasteiger partial charge in [-0.3, -0.25) is 19.7 Å². The molecule has 7 heteroatoms. The van der Waals surface area contributed by atoms with Crippen LogP contribution in [0.1, 0.15) is 23.6 Å². The van der Waals surface area contributed by atoms with Crippen LogP contribution in [0.25, 0.3) is 6.08 Å². The fourth-order valence-corrected chi connectivity index (χ4v) is 2.26. The standard InChI is InChI=1S/C19H19N3O4/c1-12-7-8-16(9-13(12)2)21-19(24)18(20-14(3)23)11-15-5-4-6-17(10-15)22(25)26/h4-11H,1-3H3,(H,20,23)(H,21,24)/b18-11+. The van der Waals surface area contributed by atoms with Gasteiger partial charge in [-0.2, -0.15) is 0 Å². The summed E-state index contributed by atoms with van der Waals surface area (Å²) in [5.41, 5.74) is 3.03. The largest absolute Gasteiger partial charge is 0.322 e. The summed E-state index contributed by atoms with van der Waals surface area (Å²) in [5.74, 6) is -0.938. The van der Waals surface area contributed by atoms with Crippen LogP contribution in [0.5, 0.6) is 0 Å². The van der Waals surface area contributed by atoms with Crippen molar-refractivity contribution in [1.82, 2.24) is 5.32 Å². The van der Waals surface area contributed by atoms with Gasteiger partial charge in [-0.05, 0) is 48.7 Å². The van der Waals surface area contributed by atoms with Gasteiger partial charge in [-0.1, -0.05) is 18.2 Å². The van der Waals surface area contributed by atoms with Crippen LogP contribution in [0.15, 0.2) is 48.2 Å². The number of nitrogens with one attached hydrogen (secondary N) is 2. The van der Waals surface area contributed by atoms with E-state index >= 15 is 0 Å². The summed E-state index contributed by atoms with van der Waals surface area (Å²) in [4.78, 5) is 34.3. The molecule has 0 saturated carbocycles. The van der Waals surface area contributed by atoms with Gasteiger partial charge >= 0.3 is 0 Å². The number of aryl methyl sites for hydroxylation is 2. The number of non-ortho nitro benzene ring substituents is 1. The Labute approximate surface area is 150 Å². The smallest absolute Gasteiger partial charge is 0.272 e. The maximum absolute atomic E-state index is 12.5. The lowest BCUT2D eigenvalue weighted by Gasteiger charge is -2.11. The number of hydrogen-bond acceptors (Lipinski definition) is 4. The molecule has 0 spiro atoms. The third kappa shape index (κ3) is 5.01. The van der Waals surface area contributed by atoms with E-state index < -0.39 is 16.7 Å². The van der Waals surface area contributed by atoms with Crippen molar-refractivity contribution in [3.8, 4) is 0 Å². The normalized spacial score (nSPS) is 11.0. The van der Waals surface area contributed by atoms with Crippen LogP contribution in [-0.4, -0.2) is 16.7 Å². The number of benzene rings is 2. The highest BCUT2D eigenvalue weighted by Crippen LogP contribution is 2.17. The van der Waals surface area contributed by atoms with E-state index in [1.165, 1.54) is 31.2 Å². The molecule has 0 unspecified atom stereocenters. The highest BCUT2D eigenvalue weighted by atomic mass is 16.6. The Morgan fingerprint density at radius 2 is 1.81 bits per heavy atom. The van der Waals surface area contributed by atoms with Crippen LogP contribution in [0.3, 0.4) is 0 Å². The maximum Gasteiger partial charge on any atom is 0.272 e. The van der Waals surface area contributed by atoms with Crippen molar-refractivity contribution in [2.45, 2.75) is 20.8 Å². The van der Waals surface area contributed by atoms with Gasteiger partial charge in [-0.25, -0.2) is 0 Å². The quantitative estimate of drug-likeness (QED) is 0.489. The Bertz CT molecular complexity index is 903. The number of carbonyl (C=O) groups excluding carboxylic acids is 2. The third-order valence-corrected chi connectivity index (χ3v) is 3.71. The van der Waals surface area contributed by atoms with Crippen molar-refractivity contribution in [1.29, 1.82) is 0 Å². The van der Waals surface area contributed by atoms with Crippen LogP contribution in [0, 0.1) is 24.0 Å². The molecule has 0 atom stereocenters. The number of anilines is 1. The highest BCUT2D eigenvalue weighted by Gasteiger charge is 2.13. The van der Waals surface area contributed by atoms with Gasteiger partial charge in [-0.15, -0.1) is 0 Å². The molecule has 0 aliphatic carbocycles. The molecule has 0 saturated heterocycles. The molecule has 7 nitrogen and oxygen atoms in total. The Balaban J connectivity index is 2.32. The van der Waals surface area contributed by atoms with Crippen LogP contribution in [0.2, 0.25) is 0 Å². The minimum atomic E-state index is -0.523. The van der Waals surface area contributed by atoms with Crippen molar-refractivity contribution in [2.24, 2.45) is 0 Å². The van der Waals surface area contributed by atoms with Crippen molar-refractivity contribution >= 4 is 29.3 Å². The van der Waals surface area contributed by atoms with Gasteiger partial charge in [0.1, 0.15) is 5.70 Å². The Hall–Kier alpha value is -3.48. The van der Waals surface area contributed by atoms with E-state index in [0.29, 0.717) is 11.3 Å². The molecule has 2 N–H and O–H groups in total. The van der Waals surface area contributed by atoms with Crippen LogP contribution < -0.4 is 10.6 Å². The minimum absolute atomic E-state index is 0.00349. The molecule has 2 aromatic carbocycles. The fraction of sp³-hybridized carbons (Fsp3) is 0.158. The number of nitrogens with zero attached hydrogens (tertiary/aromatic N) is 1. The molecule has 0 radical (unpaired) electrons. The summed E-state index contributed by atoms with van der Waals surface area (Å²) in [5, 5.41) is 16.1. The molecule has 26 heavy (non-hydrogen) atoms. The zero-order chi connectivity index (χ0) is 19.3. The molecule has 134 valence electrons. The molecule has 0 aliphatic rings. The molecule has 0 aromatic heterocycles. The first-order valence-electron chi connectivity index (χ1n) is 7.88. The number of carbonyl (C=O) groups is 2. The predicted octanol–water partition coefficient (Wildman–Crippen LogP) is 3.33. The first kappa shape index (κ1) is 18.9.